The Bertz CT molecular complexity index is 645. The van der Waals surface area contributed by atoms with Crippen molar-refractivity contribution >= 4 is 34.1 Å². The van der Waals surface area contributed by atoms with Gasteiger partial charge < -0.3 is 5.32 Å². The molecule has 2 nitrogen and oxygen atoms in total. The lowest BCUT2D eigenvalue weighted by molar-refractivity contribution is 0.104. The number of hydrogen-bond acceptors (Lipinski definition) is 2. The Morgan fingerprint density at radius 3 is 2.50 bits per heavy atom. The lowest BCUT2D eigenvalue weighted by Gasteiger charge is -2.04. The molecule has 0 spiro atoms. The molecule has 0 saturated carbocycles. The van der Waals surface area contributed by atoms with E-state index in [-0.39, 0.29) is 5.78 Å². The lowest BCUT2D eigenvalue weighted by atomic mass is 10.0. The van der Waals surface area contributed by atoms with Crippen LogP contribution >= 0.6 is 22.6 Å². The molecular formula is C17H16INO. The largest absolute Gasteiger partial charge is 0.362 e. The number of benzene rings is 2. The van der Waals surface area contributed by atoms with E-state index >= 15 is 0 Å². The van der Waals surface area contributed by atoms with Crippen LogP contribution in [0.2, 0.25) is 0 Å². The molecule has 1 N–H and O–H groups in total. The summed E-state index contributed by atoms with van der Waals surface area (Å²) in [6.07, 6.45) is 3.26. The maximum Gasteiger partial charge on any atom is 0.187 e. The van der Waals surface area contributed by atoms with Gasteiger partial charge in [0.1, 0.15) is 0 Å². The van der Waals surface area contributed by atoms with Crippen LogP contribution in [0.25, 0.3) is 0 Å². The van der Waals surface area contributed by atoms with Crippen molar-refractivity contribution in [1.82, 2.24) is 0 Å². The first-order valence-electron chi connectivity index (χ1n) is 6.36. The van der Waals surface area contributed by atoms with Crippen LogP contribution in [0.15, 0.2) is 54.7 Å². The minimum Gasteiger partial charge on any atom is -0.362 e. The van der Waals surface area contributed by atoms with E-state index in [1.807, 2.05) is 56.3 Å². The maximum atomic E-state index is 12.1. The number of carbonyl (C=O) groups excluding carboxylic acids is 1. The summed E-state index contributed by atoms with van der Waals surface area (Å²) in [6, 6.07) is 13.9. The molecule has 0 aliphatic carbocycles. The predicted octanol–water partition coefficient (Wildman–Crippen LogP) is 4.72. The van der Waals surface area contributed by atoms with Crippen LogP contribution < -0.4 is 5.32 Å². The molecule has 0 radical (unpaired) electrons. The van der Waals surface area contributed by atoms with Crippen LogP contribution in [0.5, 0.6) is 0 Å². The van der Waals surface area contributed by atoms with Gasteiger partial charge in [-0.3, -0.25) is 4.79 Å². The van der Waals surface area contributed by atoms with Crippen molar-refractivity contribution in [3.63, 3.8) is 0 Å². The number of aryl methyl sites for hydroxylation is 2. The van der Waals surface area contributed by atoms with Gasteiger partial charge in [0, 0.05) is 27.1 Å². The van der Waals surface area contributed by atoms with E-state index in [1.54, 1.807) is 12.3 Å². The van der Waals surface area contributed by atoms with E-state index < -0.39 is 0 Å². The van der Waals surface area contributed by atoms with Gasteiger partial charge in [-0.25, -0.2) is 0 Å². The van der Waals surface area contributed by atoms with E-state index in [0.29, 0.717) is 0 Å². The van der Waals surface area contributed by atoms with Gasteiger partial charge in [-0.2, -0.15) is 0 Å². The highest BCUT2D eigenvalue weighted by molar-refractivity contribution is 14.1. The Hall–Kier alpha value is -1.62. The zero-order chi connectivity index (χ0) is 14.5. The standard InChI is InChI=1S/C17H16INO/c1-12-3-4-13(2)16(11-12)17(20)9-10-19-15-7-5-14(18)6-8-15/h3-11,19H,1-2H3/b10-9+. The third-order valence-corrected chi connectivity index (χ3v) is 3.71. The van der Waals surface area contributed by atoms with E-state index in [9.17, 15) is 4.79 Å². The van der Waals surface area contributed by atoms with Crippen LogP contribution in [0.1, 0.15) is 21.5 Å². The van der Waals surface area contributed by atoms with Gasteiger partial charge in [0.2, 0.25) is 0 Å². The molecule has 0 fully saturated rings. The summed E-state index contributed by atoms with van der Waals surface area (Å²) in [6.45, 7) is 3.94. The van der Waals surface area contributed by atoms with Crippen molar-refractivity contribution < 1.29 is 4.79 Å². The minimum absolute atomic E-state index is 0.0178. The second kappa shape index (κ2) is 6.70. The zero-order valence-electron chi connectivity index (χ0n) is 11.5. The minimum atomic E-state index is 0.0178. The molecule has 0 aliphatic rings. The van der Waals surface area contributed by atoms with Crippen LogP contribution in [-0.2, 0) is 0 Å². The number of anilines is 1. The average molecular weight is 377 g/mol. The van der Waals surface area contributed by atoms with E-state index in [2.05, 4.69) is 27.9 Å². The number of nitrogens with one attached hydrogen (secondary N) is 1. The Morgan fingerprint density at radius 1 is 1.10 bits per heavy atom. The number of hydrogen-bond donors (Lipinski definition) is 1. The molecule has 102 valence electrons. The Labute approximate surface area is 133 Å². The van der Waals surface area contributed by atoms with Crippen molar-refractivity contribution in [2.45, 2.75) is 13.8 Å². The van der Waals surface area contributed by atoms with Crippen molar-refractivity contribution in [3.8, 4) is 0 Å². The van der Waals surface area contributed by atoms with E-state index in [1.165, 1.54) is 3.57 Å². The van der Waals surface area contributed by atoms with Gasteiger partial charge in [0.25, 0.3) is 0 Å². The van der Waals surface area contributed by atoms with Crippen molar-refractivity contribution in [2.24, 2.45) is 0 Å². The first-order chi connectivity index (χ1) is 9.56. The number of allylic oxidation sites excluding steroid dienone is 1. The first kappa shape index (κ1) is 14.8. The number of halogens is 1. The number of ketones is 1. The van der Waals surface area contributed by atoms with Gasteiger partial charge in [-0.1, -0.05) is 17.7 Å². The summed E-state index contributed by atoms with van der Waals surface area (Å²) < 4.78 is 1.18. The van der Waals surface area contributed by atoms with Gasteiger partial charge >= 0.3 is 0 Å². The molecule has 0 aliphatic heterocycles. The Morgan fingerprint density at radius 2 is 1.80 bits per heavy atom. The molecule has 0 saturated heterocycles. The molecule has 0 unspecified atom stereocenters. The lowest BCUT2D eigenvalue weighted by Crippen LogP contribution is -1.99. The van der Waals surface area contributed by atoms with Crippen LogP contribution in [0.4, 0.5) is 5.69 Å². The van der Waals surface area contributed by atoms with Crippen LogP contribution in [0.3, 0.4) is 0 Å². The molecule has 20 heavy (non-hydrogen) atoms. The molecule has 2 rings (SSSR count). The summed E-state index contributed by atoms with van der Waals surface area (Å²) in [7, 11) is 0. The molecule has 0 atom stereocenters. The first-order valence-corrected chi connectivity index (χ1v) is 7.44. The monoisotopic (exact) mass is 377 g/mol. The van der Waals surface area contributed by atoms with Crippen LogP contribution in [0, 0.1) is 17.4 Å². The molecule has 0 heterocycles. The van der Waals surface area contributed by atoms with Gasteiger partial charge in [-0.05, 0) is 72.3 Å². The molecule has 2 aromatic carbocycles. The molecule has 3 heteroatoms. The normalized spacial score (nSPS) is 10.8. The molecule has 0 amide bonds. The summed E-state index contributed by atoms with van der Waals surface area (Å²) in [5.74, 6) is 0.0178. The maximum absolute atomic E-state index is 12.1. The molecule has 0 bridgehead atoms. The van der Waals surface area contributed by atoms with Crippen molar-refractivity contribution in [1.29, 1.82) is 0 Å². The summed E-state index contributed by atoms with van der Waals surface area (Å²) in [5.41, 5.74) is 3.82. The van der Waals surface area contributed by atoms with Crippen LogP contribution in [-0.4, -0.2) is 5.78 Å². The van der Waals surface area contributed by atoms with Gasteiger partial charge in [0.15, 0.2) is 5.78 Å². The molecule has 2 aromatic rings. The number of rotatable bonds is 4. The molecular weight excluding hydrogens is 361 g/mol. The van der Waals surface area contributed by atoms with E-state index in [0.717, 1.165) is 22.4 Å². The fourth-order valence-corrected chi connectivity index (χ4v) is 2.21. The third-order valence-electron chi connectivity index (χ3n) is 2.99. The number of carbonyl (C=O) groups is 1. The summed E-state index contributed by atoms with van der Waals surface area (Å²) in [4.78, 5) is 12.1. The van der Waals surface area contributed by atoms with Gasteiger partial charge in [0.05, 0.1) is 0 Å². The fourth-order valence-electron chi connectivity index (χ4n) is 1.85. The SMILES string of the molecule is Cc1ccc(C)c(C(=O)/C=C/Nc2ccc(I)cc2)c1. The van der Waals surface area contributed by atoms with Crippen molar-refractivity contribution in [2.75, 3.05) is 5.32 Å². The highest BCUT2D eigenvalue weighted by Gasteiger charge is 2.05. The molecule has 0 aromatic heterocycles. The van der Waals surface area contributed by atoms with Crippen molar-refractivity contribution in [3.05, 3.63) is 75.0 Å². The Balaban J connectivity index is 2.05. The Kier molecular flexibility index (Phi) is 4.95. The average Bonchev–Trinajstić information content (AvgIpc) is 2.43. The second-order valence-corrected chi connectivity index (χ2v) is 5.91. The second-order valence-electron chi connectivity index (χ2n) is 4.67. The van der Waals surface area contributed by atoms with E-state index in [4.69, 9.17) is 0 Å². The smallest absolute Gasteiger partial charge is 0.187 e. The highest BCUT2D eigenvalue weighted by atomic mass is 127. The predicted molar refractivity (Wildman–Crippen MR) is 92.2 cm³/mol. The van der Waals surface area contributed by atoms with Gasteiger partial charge in [-0.15, -0.1) is 0 Å². The summed E-state index contributed by atoms with van der Waals surface area (Å²) in [5, 5.41) is 3.10. The zero-order valence-corrected chi connectivity index (χ0v) is 13.6. The summed E-state index contributed by atoms with van der Waals surface area (Å²) >= 11 is 2.26. The topological polar surface area (TPSA) is 29.1 Å². The highest BCUT2D eigenvalue weighted by Crippen LogP contribution is 2.13. The third kappa shape index (κ3) is 3.93. The fraction of sp³-hybridized carbons (Fsp3) is 0.118. The quantitative estimate of drug-likeness (QED) is 0.475.